The van der Waals surface area contributed by atoms with Crippen molar-refractivity contribution in [3.63, 3.8) is 0 Å². The molecule has 186 valence electrons. The van der Waals surface area contributed by atoms with Gasteiger partial charge in [-0.05, 0) is 55.2 Å². The lowest BCUT2D eigenvalue weighted by Gasteiger charge is -2.28. The Morgan fingerprint density at radius 2 is 1.58 bits per heavy atom. The zero-order chi connectivity index (χ0) is 25.2. The first-order valence-corrected chi connectivity index (χ1v) is 11.9. The number of fused-ring (bicyclic) bond motifs is 1. The van der Waals surface area contributed by atoms with Crippen molar-refractivity contribution in [1.29, 1.82) is 0 Å². The van der Waals surface area contributed by atoms with Gasteiger partial charge in [-0.15, -0.1) is 0 Å². The molecule has 1 amide bonds. The maximum atomic E-state index is 15.0. The first-order chi connectivity index (χ1) is 17.5. The maximum Gasteiger partial charge on any atom is 0.255 e. The molecule has 0 bridgehead atoms. The molecule has 1 aromatic heterocycles. The highest BCUT2D eigenvalue weighted by Crippen LogP contribution is 2.39. The van der Waals surface area contributed by atoms with Crippen LogP contribution in [0.1, 0.15) is 29.6 Å². The quantitative estimate of drug-likeness (QED) is 0.329. The van der Waals surface area contributed by atoms with E-state index in [1.54, 1.807) is 24.4 Å². The van der Waals surface area contributed by atoms with Crippen LogP contribution in [0.15, 0.2) is 54.7 Å². The van der Waals surface area contributed by atoms with E-state index in [4.69, 9.17) is 9.47 Å². The highest BCUT2D eigenvalue weighted by Gasteiger charge is 2.22. The van der Waals surface area contributed by atoms with Crippen LogP contribution in [0.25, 0.3) is 22.0 Å². The second kappa shape index (κ2) is 9.89. The number of ether oxygens (including phenoxy) is 2. The zero-order valence-corrected chi connectivity index (χ0v) is 20.2. The molecule has 1 fully saturated rings. The number of methoxy groups -OCH3 is 2. The summed E-state index contributed by atoms with van der Waals surface area (Å²) in [5.74, 6) is -2.10. The number of piperidine rings is 1. The lowest BCUT2D eigenvalue weighted by Crippen LogP contribution is -2.29. The minimum Gasteiger partial charge on any atom is -0.494 e. The largest absolute Gasteiger partial charge is 0.494 e. The molecule has 0 radical (unpaired) electrons. The lowest BCUT2D eigenvalue weighted by molar-refractivity contribution is 0.102. The molecule has 1 saturated heterocycles. The Balaban J connectivity index is 1.39. The van der Waals surface area contributed by atoms with Gasteiger partial charge in [0.15, 0.2) is 23.1 Å². The van der Waals surface area contributed by atoms with E-state index in [-0.39, 0.29) is 23.0 Å². The number of hydrogen-bond acceptors (Lipinski definition) is 4. The third-order valence-corrected chi connectivity index (χ3v) is 6.64. The fourth-order valence-corrected chi connectivity index (χ4v) is 4.69. The molecule has 1 aliphatic rings. The smallest absolute Gasteiger partial charge is 0.255 e. The summed E-state index contributed by atoms with van der Waals surface area (Å²) in [6.07, 6.45) is 5.30. The Hall–Kier alpha value is -4.07. The average Bonchev–Trinajstić information content (AvgIpc) is 3.31. The molecular weight excluding hydrogens is 464 g/mol. The van der Waals surface area contributed by atoms with E-state index < -0.39 is 11.6 Å². The summed E-state index contributed by atoms with van der Waals surface area (Å²) in [6.45, 7) is 2.08. The Labute approximate surface area is 207 Å². The van der Waals surface area contributed by atoms with Crippen LogP contribution in [0.3, 0.4) is 0 Å². The number of rotatable bonds is 6. The summed E-state index contributed by atoms with van der Waals surface area (Å²) in [7, 11) is 2.62. The highest BCUT2D eigenvalue weighted by molar-refractivity contribution is 6.09. The molecule has 0 atom stereocenters. The van der Waals surface area contributed by atoms with E-state index >= 15 is 0 Å². The molecule has 4 aromatic rings. The van der Waals surface area contributed by atoms with Gasteiger partial charge in [-0.25, -0.2) is 8.78 Å². The molecule has 0 aliphatic carbocycles. The fourth-order valence-electron chi connectivity index (χ4n) is 4.69. The van der Waals surface area contributed by atoms with Crippen LogP contribution >= 0.6 is 0 Å². The summed E-state index contributed by atoms with van der Waals surface area (Å²) < 4.78 is 40.0. The monoisotopic (exact) mass is 491 g/mol. The second-order valence-electron chi connectivity index (χ2n) is 8.80. The normalized spacial score (nSPS) is 13.6. The van der Waals surface area contributed by atoms with Crippen molar-refractivity contribution in [3.05, 3.63) is 71.9 Å². The van der Waals surface area contributed by atoms with Gasteiger partial charge >= 0.3 is 0 Å². The average molecular weight is 492 g/mol. The standard InChI is InChI=1S/C28H27F2N3O3/c1-35-23-15-24(36-2)27(30)25(26(23)29)18-8-11-20-21(14-18)31-16-22(20)32-28(34)17-6-9-19(10-7-17)33-12-4-3-5-13-33/h6-11,14-16,31H,3-5,12-13H2,1-2H3,(H,32,34). The summed E-state index contributed by atoms with van der Waals surface area (Å²) in [6, 6.07) is 13.7. The van der Waals surface area contributed by atoms with Gasteiger partial charge in [-0.3, -0.25) is 4.79 Å². The summed E-state index contributed by atoms with van der Waals surface area (Å²) in [5.41, 5.74) is 2.92. The van der Waals surface area contributed by atoms with Crippen molar-refractivity contribution in [2.75, 3.05) is 37.5 Å². The molecule has 5 rings (SSSR count). The number of carbonyl (C=O) groups is 1. The number of benzene rings is 3. The molecule has 8 heteroatoms. The number of hydrogen-bond donors (Lipinski definition) is 2. The predicted molar refractivity (Wildman–Crippen MR) is 137 cm³/mol. The number of H-pyrrole nitrogens is 1. The van der Waals surface area contributed by atoms with E-state index in [1.165, 1.54) is 39.5 Å². The number of aromatic nitrogens is 1. The molecule has 6 nitrogen and oxygen atoms in total. The van der Waals surface area contributed by atoms with Crippen molar-refractivity contribution in [2.24, 2.45) is 0 Å². The van der Waals surface area contributed by atoms with Crippen molar-refractivity contribution < 1.29 is 23.0 Å². The zero-order valence-electron chi connectivity index (χ0n) is 20.2. The van der Waals surface area contributed by atoms with E-state index in [2.05, 4.69) is 15.2 Å². The summed E-state index contributed by atoms with van der Waals surface area (Å²) >= 11 is 0. The van der Waals surface area contributed by atoms with Crippen LogP contribution in [-0.2, 0) is 0 Å². The van der Waals surface area contributed by atoms with E-state index in [9.17, 15) is 13.6 Å². The molecule has 2 N–H and O–H groups in total. The van der Waals surface area contributed by atoms with E-state index in [0.29, 0.717) is 27.7 Å². The Bertz CT molecular complexity index is 1380. The molecule has 2 heterocycles. The van der Waals surface area contributed by atoms with E-state index in [0.717, 1.165) is 18.8 Å². The molecule has 1 aliphatic heterocycles. The van der Waals surface area contributed by atoms with Crippen LogP contribution in [0.5, 0.6) is 11.5 Å². The van der Waals surface area contributed by atoms with Crippen LogP contribution in [-0.4, -0.2) is 38.2 Å². The minimum absolute atomic E-state index is 0.117. The van der Waals surface area contributed by atoms with Crippen LogP contribution in [0.4, 0.5) is 20.2 Å². The molecule has 0 spiro atoms. The van der Waals surface area contributed by atoms with Gasteiger partial charge in [0, 0.05) is 47.5 Å². The Kier molecular flexibility index (Phi) is 6.50. The van der Waals surface area contributed by atoms with Crippen molar-refractivity contribution in [3.8, 4) is 22.6 Å². The molecule has 36 heavy (non-hydrogen) atoms. The maximum absolute atomic E-state index is 15.0. The first-order valence-electron chi connectivity index (χ1n) is 11.9. The van der Waals surface area contributed by atoms with Crippen LogP contribution in [0, 0.1) is 11.6 Å². The van der Waals surface area contributed by atoms with Gasteiger partial charge < -0.3 is 24.7 Å². The first kappa shape index (κ1) is 23.7. The number of amides is 1. The Morgan fingerprint density at radius 3 is 2.22 bits per heavy atom. The number of anilines is 2. The van der Waals surface area contributed by atoms with Gasteiger partial charge in [0.05, 0.1) is 25.5 Å². The van der Waals surface area contributed by atoms with Crippen molar-refractivity contribution in [2.45, 2.75) is 19.3 Å². The molecular formula is C28H27F2N3O3. The SMILES string of the molecule is COc1cc(OC)c(F)c(-c2ccc3c(NC(=O)c4ccc(N5CCCCC5)cc4)c[nH]c3c2)c1F. The molecule has 0 saturated carbocycles. The number of nitrogens with one attached hydrogen (secondary N) is 2. The van der Waals surface area contributed by atoms with Crippen molar-refractivity contribution >= 4 is 28.2 Å². The third kappa shape index (κ3) is 4.34. The van der Waals surface area contributed by atoms with Gasteiger partial charge in [0.2, 0.25) is 0 Å². The predicted octanol–water partition coefficient (Wildman–Crippen LogP) is 6.37. The van der Waals surface area contributed by atoms with E-state index in [1.807, 2.05) is 24.3 Å². The third-order valence-electron chi connectivity index (χ3n) is 6.64. The highest BCUT2D eigenvalue weighted by atomic mass is 19.1. The van der Waals surface area contributed by atoms with Gasteiger partial charge in [0.25, 0.3) is 5.91 Å². The van der Waals surface area contributed by atoms with Gasteiger partial charge in [0.1, 0.15) is 0 Å². The van der Waals surface area contributed by atoms with Crippen molar-refractivity contribution in [1.82, 2.24) is 4.98 Å². The minimum atomic E-state index is -0.816. The molecule has 0 unspecified atom stereocenters. The number of carbonyl (C=O) groups excluding carboxylic acids is 1. The van der Waals surface area contributed by atoms with Gasteiger partial charge in [-0.2, -0.15) is 0 Å². The lowest BCUT2D eigenvalue weighted by atomic mass is 10.0. The summed E-state index contributed by atoms with van der Waals surface area (Å²) in [5, 5.41) is 3.64. The second-order valence-corrected chi connectivity index (χ2v) is 8.80. The Morgan fingerprint density at radius 1 is 0.917 bits per heavy atom. The van der Waals surface area contributed by atoms with Crippen LogP contribution < -0.4 is 19.7 Å². The van der Waals surface area contributed by atoms with Crippen LogP contribution in [0.2, 0.25) is 0 Å². The summed E-state index contributed by atoms with van der Waals surface area (Å²) in [4.78, 5) is 18.3. The molecule has 3 aromatic carbocycles. The number of nitrogens with zero attached hydrogens (tertiary/aromatic N) is 1. The fraction of sp³-hybridized carbons (Fsp3) is 0.250. The number of halogens is 2. The topological polar surface area (TPSA) is 66.6 Å². The van der Waals surface area contributed by atoms with Gasteiger partial charge in [-0.1, -0.05) is 12.1 Å². The number of aromatic amines is 1.